The summed E-state index contributed by atoms with van der Waals surface area (Å²) in [5, 5.41) is 4.34. The van der Waals surface area contributed by atoms with Gasteiger partial charge in [0.2, 0.25) is 5.95 Å². The molecule has 0 aliphatic heterocycles. The number of pyridine rings is 1. The molecule has 1 aromatic carbocycles. The number of hydrazine groups is 1. The molecule has 0 aliphatic carbocycles. The molecular formula is C14H14N6. The molecule has 2 heterocycles. The molecule has 3 rings (SSSR count). The first kappa shape index (κ1) is 12.3. The van der Waals surface area contributed by atoms with Crippen LogP contribution >= 0.6 is 0 Å². The summed E-state index contributed by atoms with van der Waals surface area (Å²) in [6, 6.07) is 9.90. The minimum absolute atomic E-state index is 0.376. The fourth-order valence-corrected chi connectivity index (χ4v) is 1.93. The standard InChI is InChI=1S/C14H14N6/c1-9-8-17-14(20-15)19-13(9)18-11-4-5-12-10(7-11)3-2-6-16-12/h2-8H,15H2,1H3,(H2,17,18,19,20). The van der Waals surface area contributed by atoms with Crippen molar-refractivity contribution in [1.82, 2.24) is 15.0 Å². The number of rotatable bonds is 3. The number of nitrogens with two attached hydrogens (primary N) is 1. The van der Waals surface area contributed by atoms with Crippen LogP contribution in [-0.4, -0.2) is 15.0 Å². The average Bonchev–Trinajstić information content (AvgIpc) is 2.49. The van der Waals surface area contributed by atoms with Gasteiger partial charge in [-0.1, -0.05) is 6.07 Å². The monoisotopic (exact) mass is 266 g/mol. The van der Waals surface area contributed by atoms with E-state index in [1.165, 1.54) is 0 Å². The van der Waals surface area contributed by atoms with Gasteiger partial charge in [0.05, 0.1) is 5.52 Å². The van der Waals surface area contributed by atoms with Gasteiger partial charge in [-0.25, -0.2) is 10.8 Å². The van der Waals surface area contributed by atoms with Crippen molar-refractivity contribution < 1.29 is 0 Å². The number of hydrogen-bond acceptors (Lipinski definition) is 6. The Kier molecular flexibility index (Phi) is 3.14. The predicted molar refractivity (Wildman–Crippen MR) is 79.6 cm³/mol. The summed E-state index contributed by atoms with van der Waals surface area (Å²) in [6.07, 6.45) is 3.50. The van der Waals surface area contributed by atoms with Crippen molar-refractivity contribution in [2.24, 2.45) is 5.84 Å². The van der Waals surface area contributed by atoms with Gasteiger partial charge in [-0.3, -0.25) is 10.4 Å². The van der Waals surface area contributed by atoms with E-state index in [0.717, 1.165) is 28.0 Å². The Hall–Kier alpha value is -2.73. The molecule has 3 aromatic rings. The maximum absolute atomic E-state index is 5.33. The van der Waals surface area contributed by atoms with Gasteiger partial charge in [0.15, 0.2) is 0 Å². The molecule has 0 spiro atoms. The van der Waals surface area contributed by atoms with Crippen LogP contribution in [0.2, 0.25) is 0 Å². The van der Waals surface area contributed by atoms with E-state index in [1.807, 2.05) is 37.3 Å². The lowest BCUT2D eigenvalue weighted by Gasteiger charge is -2.10. The summed E-state index contributed by atoms with van der Waals surface area (Å²) < 4.78 is 0. The lowest BCUT2D eigenvalue weighted by Crippen LogP contribution is -2.11. The van der Waals surface area contributed by atoms with E-state index in [-0.39, 0.29) is 0 Å². The van der Waals surface area contributed by atoms with Crippen LogP contribution in [0.5, 0.6) is 0 Å². The van der Waals surface area contributed by atoms with Gasteiger partial charge < -0.3 is 5.32 Å². The van der Waals surface area contributed by atoms with Crippen molar-refractivity contribution in [2.45, 2.75) is 6.92 Å². The third kappa shape index (κ3) is 2.36. The van der Waals surface area contributed by atoms with Crippen LogP contribution in [0.3, 0.4) is 0 Å². The zero-order chi connectivity index (χ0) is 13.9. The zero-order valence-corrected chi connectivity index (χ0v) is 11.0. The third-order valence-corrected chi connectivity index (χ3v) is 2.97. The van der Waals surface area contributed by atoms with Gasteiger partial charge in [-0.05, 0) is 31.2 Å². The average molecular weight is 266 g/mol. The number of fused-ring (bicyclic) bond motifs is 1. The van der Waals surface area contributed by atoms with Crippen molar-refractivity contribution in [2.75, 3.05) is 10.7 Å². The highest BCUT2D eigenvalue weighted by atomic mass is 15.3. The Morgan fingerprint density at radius 2 is 2.05 bits per heavy atom. The first-order valence-electron chi connectivity index (χ1n) is 6.18. The summed E-state index contributed by atoms with van der Waals surface area (Å²) in [4.78, 5) is 12.6. The second kappa shape index (κ2) is 5.10. The van der Waals surface area contributed by atoms with E-state index < -0.39 is 0 Å². The molecule has 20 heavy (non-hydrogen) atoms. The van der Waals surface area contributed by atoms with E-state index >= 15 is 0 Å². The minimum Gasteiger partial charge on any atom is -0.340 e. The van der Waals surface area contributed by atoms with Gasteiger partial charge in [0.25, 0.3) is 0 Å². The van der Waals surface area contributed by atoms with E-state index in [9.17, 15) is 0 Å². The van der Waals surface area contributed by atoms with Gasteiger partial charge in [0.1, 0.15) is 5.82 Å². The molecule has 0 aliphatic rings. The fourth-order valence-electron chi connectivity index (χ4n) is 1.93. The van der Waals surface area contributed by atoms with Crippen molar-refractivity contribution in [1.29, 1.82) is 0 Å². The van der Waals surface area contributed by atoms with E-state index in [1.54, 1.807) is 12.4 Å². The second-order valence-corrected chi connectivity index (χ2v) is 4.41. The molecule has 0 saturated carbocycles. The largest absolute Gasteiger partial charge is 0.340 e. The fraction of sp³-hybridized carbons (Fsp3) is 0.0714. The van der Waals surface area contributed by atoms with Crippen molar-refractivity contribution in [3.8, 4) is 0 Å². The van der Waals surface area contributed by atoms with Gasteiger partial charge >= 0.3 is 0 Å². The Bertz CT molecular complexity index is 755. The first-order valence-corrected chi connectivity index (χ1v) is 6.18. The molecular weight excluding hydrogens is 252 g/mol. The molecule has 0 unspecified atom stereocenters. The first-order chi connectivity index (χ1) is 9.76. The Labute approximate surface area is 116 Å². The smallest absolute Gasteiger partial charge is 0.239 e. The maximum Gasteiger partial charge on any atom is 0.239 e. The molecule has 0 radical (unpaired) electrons. The quantitative estimate of drug-likeness (QED) is 0.498. The maximum atomic E-state index is 5.33. The molecule has 2 aromatic heterocycles. The van der Waals surface area contributed by atoms with Crippen LogP contribution in [0.1, 0.15) is 5.56 Å². The third-order valence-electron chi connectivity index (χ3n) is 2.97. The number of anilines is 3. The van der Waals surface area contributed by atoms with Crippen molar-refractivity contribution in [3.63, 3.8) is 0 Å². The highest BCUT2D eigenvalue weighted by Gasteiger charge is 2.04. The SMILES string of the molecule is Cc1cnc(NN)nc1Nc1ccc2ncccc2c1. The number of benzene rings is 1. The Morgan fingerprint density at radius 3 is 2.90 bits per heavy atom. The van der Waals surface area contributed by atoms with Crippen LogP contribution in [0.15, 0.2) is 42.7 Å². The summed E-state index contributed by atoms with van der Waals surface area (Å²) >= 11 is 0. The highest BCUT2D eigenvalue weighted by molar-refractivity contribution is 5.83. The van der Waals surface area contributed by atoms with E-state index in [0.29, 0.717) is 5.95 Å². The van der Waals surface area contributed by atoms with Crippen LogP contribution < -0.4 is 16.6 Å². The highest BCUT2D eigenvalue weighted by Crippen LogP contribution is 2.22. The van der Waals surface area contributed by atoms with E-state index in [2.05, 4.69) is 25.7 Å². The molecule has 0 saturated heterocycles. The second-order valence-electron chi connectivity index (χ2n) is 4.41. The molecule has 4 N–H and O–H groups in total. The van der Waals surface area contributed by atoms with Crippen molar-refractivity contribution in [3.05, 3.63) is 48.3 Å². The molecule has 6 nitrogen and oxygen atoms in total. The van der Waals surface area contributed by atoms with Crippen LogP contribution in [-0.2, 0) is 0 Å². The van der Waals surface area contributed by atoms with Crippen LogP contribution in [0.4, 0.5) is 17.5 Å². The lowest BCUT2D eigenvalue weighted by atomic mass is 10.2. The molecule has 0 amide bonds. The summed E-state index contributed by atoms with van der Waals surface area (Å²) in [5.41, 5.74) is 5.28. The predicted octanol–water partition coefficient (Wildman–Crippen LogP) is 2.36. The molecule has 6 heteroatoms. The molecule has 100 valence electrons. The summed E-state index contributed by atoms with van der Waals surface area (Å²) in [7, 11) is 0. The van der Waals surface area contributed by atoms with Gasteiger partial charge in [-0.15, -0.1) is 0 Å². The van der Waals surface area contributed by atoms with Crippen LogP contribution in [0.25, 0.3) is 10.9 Å². The number of aromatic nitrogens is 3. The lowest BCUT2D eigenvalue weighted by molar-refractivity contribution is 1.09. The Balaban J connectivity index is 1.96. The zero-order valence-electron chi connectivity index (χ0n) is 11.0. The summed E-state index contributed by atoms with van der Waals surface area (Å²) in [6.45, 7) is 1.94. The molecule has 0 bridgehead atoms. The minimum atomic E-state index is 0.376. The topological polar surface area (TPSA) is 88.8 Å². The normalized spacial score (nSPS) is 10.5. The van der Waals surface area contributed by atoms with Gasteiger partial charge in [0, 0.05) is 29.0 Å². The Morgan fingerprint density at radius 1 is 1.15 bits per heavy atom. The van der Waals surface area contributed by atoms with E-state index in [4.69, 9.17) is 5.84 Å². The summed E-state index contributed by atoms with van der Waals surface area (Å²) in [5.74, 6) is 6.42. The number of nitrogen functional groups attached to an aromatic ring is 1. The molecule has 0 fully saturated rings. The number of hydrogen-bond donors (Lipinski definition) is 3. The van der Waals surface area contributed by atoms with Gasteiger partial charge in [-0.2, -0.15) is 4.98 Å². The van der Waals surface area contributed by atoms with Crippen molar-refractivity contribution >= 4 is 28.4 Å². The molecule has 0 atom stereocenters. The number of nitrogens with one attached hydrogen (secondary N) is 2. The number of nitrogens with zero attached hydrogens (tertiary/aromatic N) is 3. The van der Waals surface area contributed by atoms with Crippen LogP contribution in [0, 0.1) is 6.92 Å². The number of aryl methyl sites for hydroxylation is 1.